The van der Waals surface area contributed by atoms with E-state index in [4.69, 9.17) is 11.6 Å². The topological polar surface area (TPSA) is 81.8 Å². The van der Waals surface area contributed by atoms with Crippen molar-refractivity contribution >= 4 is 27.7 Å². The molecule has 26 heavy (non-hydrogen) atoms. The molecule has 2 atom stereocenters. The molecule has 3 aliphatic heterocycles. The van der Waals surface area contributed by atoms with E-state index in [-0.39, 0.29) is 29.1 Å². The first-order chi connectivity index (χ1) is 12.5. The van der Waals surface area contributed by atoms with Gasteiger partial charge in [-0.15, -0.1) is 0 Å². The lowest BCUT2D eigenvalue weighted by Gasteiger charge is -2.40. The van der Waals surface area contributed by atoms with Crippen LogP contribution < -0.4 is 10.6 Å². The molecule has 0 saturated carbocycles. The molecule has 3 fully saturated rings. The van der Waals surface area contributed by atoms with Crippen molar-refractivity contribution < 1.29 is 13.2 Å². The number of rotatable bonds is 3. The van der Waals surface area contributed by atoms with Crippen LogP contribution in [0.5, 0.6) is 0 Å². The number of hydrogen-bond acceptors (Lipinski definition) is 4. The Morgan fingerprint density at radius 1 is 1.15 bits per heavy atom. The first-order valence-electron chi connectivity index (χ1n) is 9.02. The number of nitrogens with zero attached hydrogens (tertiary/aromatic N) is 2. The number of fused-ring (bicyclic) bond motifs is 1. The van der Waals surface area contributed by atoms with Crippen molar-refractivity contribution in [3.63, 3.8) is 0 Å². The number of carbonyl (C=O) groups excluding carboxylic acids is 1. The summed E-state index contributed by atoms with van der Waals surface area (Å²) in [6, 6.07) is 6.39. The Kier molecular flexibility index (Phi) is 4.85. The Morgan fingerprint density at radius 2 is 1.92 bits per heavy atom. The van der Waals surface area contributed by atoms with E-state index in [1.54, 1.807) is 18.2 Å². The quantitative estimate of drug-likeness (QED) is 0.802. The summed E-state index contributed by atoms with van der Waals surface area (Å²) >= 11 is 5.95. The summed E-state index contributed by atoms with van der Waals surface area (Å²) in [6.07, 6.45) is 2.54. The van der Waals surface area contributed by atoms with Crippen molar-refractivity contribution in [1.29, 1.82) is 0 Å². The SMILES string of the molecule is O=C1NC2CN(S(=O)(=O)c3cccc(Cl)c3)CCC2N1C1CCNCC1. The molecule has 0 aromatic heterocycles. The molecule has 9 heteroatoms. The molecule has 3 aliphatic rings. The molecule has 7 nitrogen and oxygen atoms in total. The van der Waals surface area contributed by atoms with E-state index in [0.29, 0.717) is 24.5 Å². The number of sulfonamides is 1. The molecular weight excluding hydrogens is 376 g/mol. The van der Waals surface area contributed by atoms with Gasteiger partial charge in [0.25, 0.3) is 0 Å². The van der Waals surface area contributed by atoms with Crippen LogP contribution in [0, 0.1) is 0 Å². The minimum absolute atomic E-state index is 0.0612. The molecule has 3 heterocycles. The highest BCUT2D eigenvalue weighted by Crippen LogP contribution is 2.30. The van der Waals surface area contributed by atoms with Gasteiger partial charge in [0.05, 0.1) is 17.0 Å². The van der Waals surface area contributed by atoms with Crippen molar-refractivity contribution in [2.45, 2.75) is 42.3 Å². The van der Waals surface area contributed by atoms with E-state index in [9.17, 15) is 13.2 Å². The molecule has 0 aliphatic carbocycles. The predicted octanol–water partition coefficient (Wildman–Crippen LogP) is 1.25. The normalized spacial score (nSPS) is 28.0. The fourth-order valence-electron chi connectivity index (χ4n) is 4.28. The summed E-state index contributed by atoms with van der Waals surface area (Å²) in [6.45, 7) is 2.54. The Bertz CT molecular complexity index is 797. The first kappa shape index (κ1) is 18.0. The fourth-order valence-corrected chi connectivity index (χ4v) is 6.07. The van der Waals surface area contributed by atoms with Crippen molar-refractivity contribution in [3.8, 4) is 0 Å². The molecule has 2 amide bonds. The third-order valence-electron chi connectivity index (χ3n) is 5.58. The lowest BCUT2D eigenvalue weighted by molar-refractivity contribution is 0.129. The Labute approximate surface area is 158 Å². The average molecular weight is 399 g/mol. The van der Waals surface area contributed by atoms with Crippen LogP contribution in [0.25, 0.3) is 0 Å². The van der Waals surface area contributed by atoms with Gasteiger partial charge in [-0.3, -0.25) is 0 Å². The van der Waals surface area contributed by atoms with Gasteiger partial charge < -0.3 is 15.5 Å². The van der Waals surface area contributed by atoms with E-state index < -0.39 is 10.0 Å². The number of urea groups is 1. The predicted molar refractivity (Wildman–Crippen MR) is 98.7 cm³/mol. The van der Waals surface area contributed by atoms with Crippen LogP contribution in [0.3, 0.4) is 0 Å². The van der Waals surface area contributed by atoms with E-state index in [0.717, 1.165) is 25.9 Å². The van der Waals surface area contributed by atoms with Gasteiger partial charge in [0.1, 0.15) is 0 Å². The Morgan fingerprint density at radius 3 is 2.65 bits per heavy atom. The van der Waals surface area contributed by atoms with Gasteiger partial charge in [-0.05, 0) is 50.6 Å². The van der Waals surface area contributed by atoms with Crippen molar-refractivity contribution in [2.24, 2.45) is 0 Å². The maximum Gasteiger partial charge on any atom is 0.318 e. The number of piperidine rings is 2. The average Bonchev–Trinajstić information content (AvgIpc) is 2.97. The standard InChI is InChI=1S/C17H23ClN4O3S/c18-12-2-1-3-14(10-12)26(24,25)21-9-6-16-15(11-21)20-17(23)22(16)13-4-7-19-8-5-13/h1-3,10,13,15-16,19H,4-9,11H2,(H,20,23). The highest BCUT2D eigenvalue weighted by molar-refractivity contribution is 7.89. The molecule has 1 aromatic rings. The number of carbonyl (C=O) groups is 1. The van der Waals surface area contributed by atoms with Crippen molar-refractivity contribution in [3.05, 3.63) is 29.3 Å². The Hall–Kier alpha value is -1.35. The number of benzene rings is 1. The molecule has 2 unspecified atom stereocenters. The summed E-state index contributed by atoms with van der Waals surface area (Å²) in [5.74, 6) is 0. The summed E-state index contributed by atoms with van der Waals surface area (Å²) in [4.78, 5) is 14.7. The zero-order valence-corrected chi connectivity index (χ0v) is 16.0. The second-order valence-electron chi connectivity index (χ2n) is 7.12. The minimum Gasteiger partial charge on any atom is -0.332 e. The fraction of sp³-hybridized carbons (Fsp3) is 0.588. The highest BCUT2D eigenvalue weighted by Gasteiger charge is 2.47. The third-order valence-corrected chi connectivity index (χ3v) is 7.67. The van der Waals surface area contributed by atoms with Gasteiger partial charge in [0.15, 0.2) is 0 Å². The van der Waals surface area contributed by atoms with Crippen LogP contribution in [0.1, 0.15) is 19.3 Å². The number of amides is 2. The lowest BCUT2D eigenvalue weighted by Crippen LogP contribution is -2.55. The molecule has 3 saturated heterocycles. The zero-order chi connectivity index (χ0) is 18.3. The summed E-state index contributed by atoms with van der Waals surface area (Å²) in [7, 11) is -3.61. The summed E-state index contributed by atoms with van der Waals surface area (Å²) < 4.78 is 27.3. The van der Waals surface area contributed by atoms with Gasteiger partial charge in [0, 0.05) is 24.2 Å². The van der Waals surface area contributed by atoms with Gasteiger partial charge >= 0.3 is 6.03 Å². The summed E-state index contributed by atoms with van der Waals surface area (Å²) in [5.41, 5.74) is 0. The van der Waals surface area contributed by atoms with Gasteiger partial charge in [-0.1, -0.05) is 17.7 Å². The lowest BCUT2D eigenvalue weighted by atomic mass is 9.97. The molecule has 4 rings (SSSR count). The number of hydrogen-bond donors (Lipinski definition) is 2. The zero-order valence-electron chi connectivity index (χ0n) is 14.4. The van der Waals surface area contributed by atoms with Crippen molar-refractivity contribution in [2.75, 3.05) is 26.2 Å². The van der Waals surface area contributed by atoms with E-state index in [1.165, 1.54) is 10.4 Å². The molecule has 0 spiro atoms. The summed E-state index contributed by atoms with van der Waals surface area (Å²) in [5, 5.41) is 6.72. The van der Waals surface area contributed by atoms with Crippen LogP contribution in [0.2, 0.25) is 5.02 Å². The first-order valence-corrected chi connectivity index (χ1v) is 10.8. The van der Waals surface area contributed by atoms with Gasteiger partial charge in [-0.25, -0.2) is 13.2 Å². The molecule has 142 valence electrons. The van der Waals surface area contributed by atoms with E-state index in [2.05, 4.69) is 10.6 Å². The molecule has 0 bridgehead atoms. The van der Waals surface area contributed by atoms with E-state index >= 15 is 0 Å². The third kappa shape index (κ3) is 3.19. The molecule has 2 N–H and O–H groups in total. The number of halogens is 1. The second kappa shape index (κ2) is 6.99. The van der Waals surface area contributed by atoms with Crippen LogP contribution in [0.4, 0.5) is 4.79 Å². The monoisotopic (exact) mass is 398 g/mol. The van der Waals surface area contributed by atoms with Crippen LogP contribution >= 0.6 is 11.6 Å². The van der Waals surface area contributed by atoms with Gasteiger partial charge in [0.2, 0.25) is 10.0 Å². The van der Waals surface area contributed by atoms with Crippen LogP contribution in [-0.4, -0.2) is 68.0 Å². The molecule has 0 radical (unpaired) electrons. The van der Waals surface area contributed by atoms with Gasteiger partial charge in [-0.2, -0.15) is 4.31 Å². The molecule has 1 aromatic carbocycles. The minimum atomic E-state index is -3.61. The highest BCUT2D eigenvalue weighted by atomic mass is 35.5. The van der Waals surface area contributed by atoms with Crippen molar-refractivity contribution in [1.82, 2.24) is 19.8 Å². The second-order valence-corrected chi connectivity index (χ2v) is 9.50. The maximum atomic E-state index is 12.9. The molecular formula is C17H23ClN4O3S. The largest absolute Gasteiger partial charge is 0.332 e. The maximum absolute atomic E-state index is 12.9. The van der Waals surface area contributed by atoms with Crippen LogP contribution in [0.15, 0.2) is 29.2 Å². The van der Waals surface area contributed by atoms with E-state index in [1.807, 2.05) is 4.90 Å². The smallest absolute Gasteiger partial charge is 0.318 e. The Balaban J connectivity index is 1.51. The number of nitrogens with one attached hydrogen (secondary N) is 2. The van der Waals surface area contributed by atoms with Crippen LogP contribution in [-0.2, 0) is 10.0 Å².